The Morgan fingerprint density at radius 2 is 0.958 bits per heavy atom. The first kappa shape index (κ1) is 14.4. The highest BCUT2D eigenvalue weighted by molar-refractivity contribution is 5.75. The predicted molar refractivity (Wildman–Crippen MR) is 101 cm³/mol. The lowest BCUT2D eigenvalue weighted by molar-refractivity contribution is 1.33. The molecule has 24 heavy (non-hydrogen) atoms. The van der Waals surface area contributed by atoms with Crippen molar-refractivity contribution < 1.29 is 0 Å². The van der Waals surface area contributed by atoms with Gasteiger partial charge in [-0.15, -0.1) is 0 Å². The monoisotopic (exact) mass is 307 g/mol. The van der Waals surface area contributed by atoms with E-state index in [4.69, 9.17) is 0 Å². The van der Waals surface area contributed by atoms with Gasteiger partial charge in [-0.1, -0.05) is 78.9 Å². The number of hydrogen-bond acceptors (Lipinski definition) is 1. The van der Waals surface area contributed by atoms with Gasteiger partial charge in [0.05, 0.1) is 0 Å². The maximum atomic E-state index is 4.19. The van der Waals surface area contributed by atoms with Gasteiger partial charge in [-0.2, -0.15) is 0 Å². The van der Waals surface area contributed by atoms with Gasteiger partial charge >= 0.3 is 0 Å². The second kappa shape index (κ2) is 6.51. The van der Waals surface area contributed by atoms with Crippen LogP contribution in [0.25, 0.3) is 33.4 Å². The van der Waals surface area contributed by atoms with E-state index in [9.17, 15) is 0 Å². The fourth-order valence-corrected chi connectivity index (χ4v) is 2.90. The zero-order chi connectivity index (χ0) is 16.2. The highest BCUT2D eigenvalue weighted by Crippen LogP contribution is 2.28. The van der Waals surface area contributed by atoms with Crippen molar-refractivity contribution >= 4 is 0 Å². The van der Waals surface area contributed by atoms with Crippen LogP contribution >= 0.6 is 0 Å². The minimum atomic E-state index is 1.14. The summed E-state index contributed by atoms with van der Waals surface area (Å²) in [6.45, 7) is 0. The van der Waals surface area contributed by atoms with Crippen molar-refractivity contribution in [2.24, 2.45) is 0 Å². The average Bonchev–Trinajstić information content (AvgIpc) is 2.70. The molecule has 0 aliphatic rings. The standard InChI is InChI=1S/C23H17N/c1-2-6-18(7-3-1)21-8-4-9-22(16-21)19-11-13-20(14-12-19)23-10-5-15-24-17-23/h1-17H. The molecule has 0 saturated heterocycles. The lowest BCUT2D eigenvalue weighted by atomic mass is 9.97. The second-order valence-electron chi connectivity index (χ2n) is 5.77. The molecule has 1 heteroatoms. The van der Waals surface area contributed by atoms with Crippen LogP contribution in [0, 0.1) is 0 Å². The summed E-state index contributed by atoms with van der Waals surface area (Å²) in [6.07, 6.45) is 3.69. The van der Waals surface area contributed by atoms with Crippen LogP contribution in [-0.4, -0.2) is 4.98 Å². The van der Waals surface area contributed by atoms with Crippen LogP contribution in [0.4, 0.5) is 0 Å². The van der Waals surface area contributed by atoms with Crippen LogP contribution in [0.1, 0.15) is 0 Å². The van der Waals surface area contributed by atoms with E-state index in [0.29, 0.717) is 0 Å². The SMILES string of the molecule is c1ccc(-c2cccc(-c3ccc(-c4cccnc4)cc3)c2)cc1. The van der Waals surface area contributed by atoms with Crippen LogP contribution in [0.5, 0.6) is 0 Å². The minimum absolute atomic E-state index is 1.14. The molecule has 1 nitrogen and oxygen atoms in total. The maximum absolute atomic E-state index is 4.19. The summed E-state index contributed by atoms with van der Waals surface area (Å²) in [7, 11) is 0. The zero-order valence-electron chi connectivity index (χ0n) is 13.3. The number of aromatic nitrogens is 1. The van der Waals surface area contributed by atoms with Crippen LogP contribution in [0.15, 0.2) is 103 Å². The molecule has 0 spiro atoms. The third kappa shape index (κ3) is 2.97. The summed E-state index contributed by atoms with van der Waals surface area (Å²) < 4.78 is 0. The van der Waals surface area contributed by atoms with Crippen molar-refractivity contribution in [3.05, 3.63) is 103 Å². The van der Waals surface area contributed by atoms with Crippen molar-refractivity contribution in [1.29, 1.82) is 0 Å². The van der Waals surface area contributed by atoms with Crippen LogP contribution in [0.3, 0.4) is 0 Å². The zero-order valence-corrected chi connectivity index (χ0v) is 13.3. The van der Waals surface area contributed by atoms with E-state index < -0.39 is 0 Å². The van der Waals surface area contributed by atoms with Crippen LogP contribution in [0.2, 0.25) is 0 Å². The second-order valence-corrected chi connectivity index (χ2v) is 5.77. The number of pyridine rings is 1. The Labute approximate surface area is 142 Å². The number of benzene rings is 3. The molecule has 4 aromatic rings. The molecule has 0 radical (unpaired) electrons. The number of hydrogen-bond donors (Lipinski definition) is 0. The first-order valence-electron chi connectivity index (χ1n) is 8.06. The first-order valence-corrected chi connectivity index (χ1v) is 8.06. The fraction of sp³-hybridized carbons (Fsp3) is 0. The van der Waals surface area contributed by atoms with E-state index in [-0.39, 0.29) is 0 Å². The highest BCUT2D eigenvalue weighted by atomic mass is 14.6. The fourth-order valence-electron chi connectivity index (χ4n) is 2.90. The molecule has 0 unspecified atom stereocenters. The summed E-state index contributed by atoms with van der Waals surface area (Å²) >= 11 is 0. The Bertz CT molecular complexity index is 926. The largest absolute Gasteiger partial charge is 0.264 e. The number of rotatable bonds is 3. The molecule has 0 amide bonds. The van der Waals surface area contributed by atoms with E-state index in [1.165, 1.54) is 27.8 Å². The molecule has 3 aromatic carbocycles. The van der Waals surface area contributed by atoms with Crippen molar-refractivity contribution in [2.75, 3.05) is 0 Å². The van der Waals surface area contributed by atoms with Gasteiger partial charge in [-0.05, 0) is 45.5 Å². The van der Waals surface area contributed by atoms with Gasteiger partial charge < -0.3 is 0 Å². The van der Waals surface area contributed by atoms with E-state index >= 15 is 0 Å². The summed E-state index contributed by atoms with van der Waals surface area (Å²) in [4.78, 5) is 4.19. The Morgan fingerprint density at radius 1 is 0.417 bits per heavy atom. The van der Waals surface area contributed by atoms with Gasteiger partial charge in [0.2, 0.25) is 0 Å². The smallest absolute Gasteiger partial charge is 0.0346 e. The van der Waals surface area contributed by atoms with Crippen molar-refractivity contribution in [2.45, 2.75) is 0 Å². The van der Waals surface area contributed by atoms with Crippen LogP contribution in [-0.2, 0) is 0 Å². The van der Waals surface area contributed by atoms with E-state index in [2.05, 4.69) is 83.8 Å². The molecule has 1 heterocycles. The topological polar surface area (TPSA) is 12.9 Å². The Morgan fingerprint density at radius 3 is 1.58 bits per heavy atom. The Hall–Kier alpha value is -3.19. The van der Waals surface area contributed by atoms with Crippen molar-refractivity contribution in [3.8, 4) is 33.4 Å². The highest BCUT2D eigenvalue weighted by Gasteiger charge is 2.03. The maximum Gasteiger partial charge on any atom is 0.0346 e. The molecule has 0 atom stereocenters. The lowest BCUT2D eigenvalue weighted by Gasteiger charge is -2.07. The summed E-state index contributed by atoms with van der Waals surface area (Å²) in [5.74, 6) is 0. The molecule has 0 N–H and O–H groups in total. The molecule has 4 rings (SSSR count). The molecule has 0 saturated carbocycles. The van der Waals surface area contributed by atoms with Crippen molar-refractivity contribution in [1.82, 2.24) is 4.98 Å². The van der Waals surface area contributed by atoms with E-state index in [0.717, 1.165) is 5.56 Å². The van der Waals surface area contributed by atoms with Gasteiger partial charge in [0, 0.05) is 12.4 Å². The van der Waals surface area contributed by atoms with Gasteiger partial charge in [-0.3, -0.25) is 4.98 Å². The molecule has 114 valence electrons. The third-order valence-electron chi connectivity index (χ3n) is 4.18. The van der Waals surface area contributed by atoms with Crippen molar-refractivity contribution in [3.63, 3.8) is 0 Å². The third-order valence-corrected chi connectivity index (χ3v) is 4.18. The summed E-state index contributed by atoms with van der Waals surface area (Å²) in [6, 6.07) is 31.9. The van der Waals surface area contributed by atoms with Gasteiger partial charge in [0.1, 0.15) is 0 Å². The Kier molecular flexibility index (Phi) is 3.91. The van der Waals surface area contributed by atoms with E-state index in [1.807, 2.05) is 18.3 Å². The molecular weight excluding hydrogens is 290 g/mol. The molecule has 0 aliphatic heterocycles. The molecule has 1 aromatic heterocycles. The molecular formula is C23H17N. The lowest BCUT2D eigenvalue weighted by Crippen LogP contribution is -1.83. The van der Waals surface area contributed by atoms with Gasteiger partial charge in [-0.25, -0.2) is 0 Å². The minimum Gasteiger partial charge on any atom is -0.264 e. The normalized spacial score (nSPS) is 10.5. The van der Waals surface area contributed by atoms with Gasteiger partial charge in [0.25, 0.3) is 0 Å². The first-order chi connectivity index (χ1) is 11.9. The molecule has 0 bridgehead atoms. The van der Waals surface area contributed by atoms with Crippen LogP contribution < -0.4 is 0 Å². The predicted octanol–water partition coefficient (Wildman–Crippen LogP) is 6.08. The van der Waals surface area contributed by atoms with E-state index in [1.54, 1.807) is 6.20 Å². The summed E-state index contributed by atoms with van der Waals surface area (Å²) in [5, 5.41) is 0. The molecule has 0 fully saturated rings. The summed E-state index contributed by atoms with van der Waals surface area (Å²) in [5.41, 5.74) is 7.26. The number of nitrogens with zero attached hydrogens (tertiary/aromatic N) is 1. The Balaban J connectivity index is 1.67. The average molecular weight is 307 g/mol. The molecule has 0 aliphatic carbocycles. The quantitative estimate of drug-likeness (QED) is 0.447. The van der Waals surface area contributed by atoms with Gasteiger partial charge in [0.15, 0.2) is 0 Å².